The van der Waals surface area contributed by atoms with Crippen molar-refractivity contribution < 1.29 is 19.4 Å². The van der Waals surface area contributed by atoms with Crippen molar-refractivity contribution >= 4 is 23.4 Å². The Labute approximate surface area is 288 Å². The summed E-state index contributed by atoms with van der Waals surface area (Å²) in [5, 5.41) is 20.4. The second kappa shape index (κ2) is 17.1. The van der Waals surface area contributed by atoms with Crippen LogP contribution in [0.25, 0.3) is 20.9 Å². The molecule has 0 unspecified atom stereocenters. The standard InChI is InChI=1S/C36H35ClN8O4/c37-30-11-5-7-25(21-30)17-18-40-35(47)36(22-27-8-1-2-9-28(27)23-41-44-38)33(32-12-4-3-10-29(32)24-42-45-39)49-34(43-36)26-13-15-31(16-14-26)48-20-6-19-46/h1-5,7-16,21,33,46H,6,17-20,22-24H2,(H,40,47)/t33-,36-/m1/s1. The van der Waals surface area contributed by atoms with Crippen LogP contribution >= 0.6 is 11.6 Å². The van der Waals surface area contributed by atoms with Gasteiger partial charge in [0.25, 0.3) is 5.91 Å². The lowest BCUT2D eigenvalue weighted by molar-refractivity contribution is -0.128. The average molecular weight is 679 g/mol. The van der Waals surface area contributed by atoms with Crippen LogP contribution in [0.5, 0.6) is 5.75 Å². The minimum Gasteiger partial charge on any atom is -0.494 e. The lowest BCUT2D eigenvalue weighted by atomic mass is 9.79. The molecule has 0 saturated heterocycles. The predicted molar refractivity (Wildman–Crippen MR) is 187 cm³/mol. The number of nitrogens with zero attached hydrogens (tertiary/aromatic N) is 7. The van der Waals surface area contributed by atoms with Gasteiger partial charge in [-0.15, -0.1) is 0 Å². The SMILES string of the molecule is [N-]=[N+]=NCc1ccccc1C[C@@]1(C(=O)NCCc2cccc(Cl)c2)N=C(c2ccc(OCCCO)cc2)O[C@@H]1c1ccccc1CN=[N+]=[N-]. The van der Waals surface area contributed by atoms with E-state index in [0.29, 0.717) is 53.5 Å². The van der Waals surface area contributed by atoms with Crippen LogP contribution in [0.2, 0.25) is 5.02 Å². The molecule has 0 saturated carbocycles. The van der Waals surface area contributed by atoms with E-state index in [0.717, 1.165) is 16.7 Å². The molecule has 1 heterocycles. The van der Waals surface area contributed by atoms with Crippen LogP contribution in [0, 0.1) is 0 Å². The van der Waals surface area contributed by atoms with E-state index in [1.165, 1.54) is 0 Å². The molecule has 5 rings (SSSR count). The molecule has 4 aromatic rings. The van der Waals surface area contributed by atoms with Gasteiger partial charge in [0, 0.05) is 46.4 Å². The van der Waals surface area contributed by atoms with E-state index in [1.54, 1.807) is 30.3 Å². The molecule has 13 heteroatoms. The highest BCUT2D eigenvalue weighted by molar-refractivity contribution is 6.30. The minimum atomic E-state index is -1.53. The van der Waals surface area contributed by atoms with E-state index < -0.39 is 11.6 Å². The Kier molecular flexibility index (Phi) is 12.1. The summed E-state index contributed by atoms with van der Waals surface area (Å²) in [6.07, 6.45) is 0.222. The summed E-state index contributed by atoms with van der Waals surface area (Å²) in [4.78, 5) is 25.7. The number of hydrogen-bond acceptors (Lipinski definition) is 7. The van der Waals surface area contributed by atoms with Gasteiger partial charge >= 0.3 is 0 Å². The Morgan fingerprint density at radius 2 is 1.63 bits per heavy atom. The fraction of sp³-hybridized carbons (Fsp3) is 0.278. The van der Waals surface area contributed by atoms with Gasteiger partial charge in [0.15, 0.2) is 11.6 Å². The quantitative estimate of drug-likeness (QED) is 0.0537. The minimum absolute atomic E-state index is 0.0283. The fourth-order valence-corrected chi connectivity index (χ4v) is 5.96. The van der Waals surface area contributed by atoms with Crippen LogP contribution in [-0.2, 0) is 35.5 Å². The molecule has 0 aliphatic carbocycles. The number of halogens is 1. The van der Waals surface area contributed by atoms with E-state index in [9.17, 15) is 4.79 Å². The summed E-state index contributed by atoms with van der Waals surface area (Å²) in [7, 11) is 0. The first-order chi connectivity index (χ1) is 24.0. The van der Waals surface area contributed by atoms with Crippen LogP contribution in [0.1, 0.15) is 45.9 Å². The van der Waals surface area contributed by atoms with E-state index in [4.69, 9.17) is 42.2 Å². The first-order valence-electron chi connectivity index (χ1n) is 15.8. The summed E-state index contributed by atoms with van der Waals surface area (Å²) >= 11 is 6.21. The number of rotatable bonds is 16. The molecule has 1 aliphatic heterocycles. The van der Waals surface area contributed by atoms with Gasteiger partial charge in [-0.1, -0.05) is 82.5 Å². The summed E-state index contributed by atoms with van der Waals surface area (Å²) in [6.45, 7) is 0.832. The molecule has 250 valence electrons. The van der Waals surface area contributed by atoms with E-state index >= 15 is 0 Å². The fourth-order valence-electron chi connectivity index (χ4n) is 5.75. The number of ether oxygens (including phenoxy) is 2. The van der Waals surface area contributed by atoms with Crippen LogP contribution < -0.4 is 10.1 Å². The third-order valence-corrected chi connectivity index (χ3v) is 8.38. The number of azide groups is 2. The zero-order chi connectivity index (χ0) is 34.5. The molecule has 2 atom stereocenters. The third-order valence-electron chi connectivity index (χ3n) is 8.14. The number of aliphatic imine (C=N–C) groups is 1. The molecular weight excluding hydrogens is 644 g/mol. The van der Waals surface area contributed by atoms with Gasteiger partial charge in [-0.2, -0.15) is 0 Å². The van der Waals surface area contributed by atoms with Crippen LogP contribution in [0.3, 0.4) is 0 Å². The van der Waals surface area contributed by atoms with Crippen molar-refractivity contribution in [1.29, 1.82) is 0 Å². The Morgan fingerprint density at radius 3 is 2.35 bits per heavy atom. The third kappa shape index (κ3) is 8.70. The van der Waals surface area contributed by atoms with Crippen molar-refractivity contribution in [2.75, 3.05) is 19.8 Å². The molecule has 12 nitrogen and oxygen atoms in total. The number of hydrogen-bond donors (Lipinski definition) is 2. The molecule has 0 bridgehead atoms. The van der Waals surface area contributed by atoms with Gasteiger partial charge in [-0.3, -0.25) is 4.79 Å². The van der Waals surface area contributed by atoms with E-state index in [-0.39, 0.29) is 37.9 Å². The van der Waals surface area contributed by atoms with Gasteiger partial charge in [0.2, 0.25) is 5.90 Å². The van der Waals surface area contributed by atoms with E-state index in [2.05, 4.69) is 25.4 Å². The largest absolute Gasteiger partial charge is 0.494 e. The van der Waals surface area contributed by atoms with Crippen molar-refractivity contribution in [3.63, 3.8) is 0 Å². The van der Waals surface area contributed by atoms with Crippen molar-refractivity contribution in [2.24, 2.45) is 15.2 Å². The van der Waals surface area contributed by atoms with Gasteiger partial charge in [-0.05, 0) is 81.7 Å². The Hall–Kier alpha value is -5.51. The van der Waals surface area contributed by atoms with Gasteiger partial charge in [-0.25, -0.2) is 4.99 Å². The molecule has 0 aromatic heterocycles. The molecule has 1 amide bonds. The first-order valence-corrected chi connectivity index (χ1v) is 16.1. The highest BCUT2D eigenvalue weighted by atomic mass is 35.5. The zero-order valence-corrected chi connectivity index (χ0v) is 27.4. The number of amides is 1. The normalized spacial score (nSPS) is 16.4. The number of carbonyl (C=O) groups excluding carboxylic acids is 1. The van der Waals surface area contributed by atoms with Gasteiger partial charge < -0.3 is 19.9 Å². The Balaban J connectivity index is 1.61. The van der Waals surface area contributed by atoms with Crippen LogP contribution in [-0.4, -0.2) is 42.2 Å². The summed E-state index contributed by atoms with van der Waals surface area (Å²) < 4.78 is 12.4. The van der Waals surface area contributed by atoms with Gasteiger partial charge in [0.05, 0.1) is 19.7 Å². The van der Waals surface area contributed by atoms with Gasteiger partial charge in [0.1, 0.15) is 5.75 Å². The number of aliphatic hydroxyl groups is 1. The summed E-state index contributed by atoms with van der Waals surface area (Å²) in [6, 6.07) is 29.4. The lowest BCUT2D eigenvalue weighted by Crippen LogP contribution is -2.50. The molecule has 2 N–H and O–H groups in total. The molecule has 4 aromatic carbocycles. The van der Waals surface area contributed by atoms with Crippen LogP contribution in [0.15, 0.2) is 112 Å². The van der Waals surface area contributed by atoms with Crippen molar-refractivity contribution in [3.8, 4) is 5.75 Å². The number of carbonyl (C=O) groups is 1. The highest BCUT2D eigenvalue weighted by Gasteiger charge is 2.54. The van der Waals surface area contributed by atoms with Crippen molar-refractivity contribution in [1.82, 2.24) is 5.32 Å². The molecule has 49 heavy (non-hydrogen) atoms. The smallest absolute Gasteiger partial charge is 0.252 e. The maximum absolute atomic E-state index is 14.7. The molecule has 0 fully saturated rings. The number of benzene rings is 4. The highest BCUT2D eigenvalue weighted by Crippen LogP contribution is 2.44. The summed E-state index contributed by atoms with van der Waals surface area (Å²) in [5.74, 6) is 0.503. The maximum atomic E-state index is 14.7. The second-order valence-electron chi connectivity index (χ2n) is 11.3. The van der Waals surface area contributed by atoms with E-state index in [1.807, 2.05) is 66.7 Å². The molecule has 0 spiro atoms. The maximum Gasteiger partial charge on any atom is 0.252 e. The molecular formula is C36H35ClN8O4. The Bertz CT molecular complexity index is 1890. The Morgan fingerprint density at radius 1 is 0.939 bits per heavy atom. The predicted octanol–water partition coefficient (Wildman–Crippen LogP) is 7.58. The summed E-state index contributed by atoms with van der Waals surface area (Å²) in [5.41, 5.74) is 21.1. The number of aliphatic hydroxyl groups excluding tert-OH is 1. The van der Waals surface area contributed by atoms with Crippen molar-refractivity contribution in [2.45, 2.75) is 44.0 Å². The lowest BCUT2D eigenvalue weighted by Gasteiger charge is -2.32. The monoisotopic (exact) mass is 678 g/mol. The second-order valence-corrected chi connectivity index (χ2v) is 11.8. The molecule has 0 radical (unpaired) electrons. The number of nitrogens with one attached hydrogen (secondary N) is 1. The molecule has 1 aliphatic rings. The van der Waals surface area contributed by atoms with Crippen LogP contribution in [0.4, 0.5) is 0 Å². The van der Waals surface area contributed by atoms with Crippen molar-refractivity contribution in [3.05, 3.63) is 156 Å². The topological polar surface area (TPSA) is 178 Å². The average Bonchev–Trinajstić information content (AvgIpc) is 3.51. The first kappa shape index (κ1) is 34.8. The zero-order valence-electron chi connectivity index (χ0n) is 26.7.